The number of hydrogen-bond donors (Lipinski definition) is 1. The van der Waals surface area contributed by atoms with Crippen molar-refractivity contribution in [3.05, 3.63) is 28.8 Å². The first-order chi connectivity index (χ1) is 7.88. The van der Waals surface area contributed by atoms with Crippen LogP contribution in [0.3, 0.4) is 0 Å². The topological polar surface area (TPSA) is 46.5 Å². The van der Waals surface area contributed by atoms with Crippen molar-refractivity contribution < 1.29 is 14.6 Å². The summed E-state index contributed by atoms with van der Waals surface area (Å²) in [6.45, 7) is 7.95. The Morgan fingerprint density at radius 3 is 1.82 bits per heavy atom. The van der Waals surface area contributed by atoms with Gasteiger partial charge in [0.05, 0.1) is 12.7 Å². The smallest absolute Gasteiger partial charge is 0.337 e. The third kappa shape index (κ3) is 2.78. The van der Waals surface area contributed by atoms with E-state index in [0.29, 0.717) is 11.3 Å². The summed E-state index contributed by atoms with van der Waals surface area (Å²) in [7, 11) is 1.36. The summed E-state index contributed by atoms with van der Waals surface area (Å²) in [5.74, 6) is 0.255. The Kier molecular flexibility index (Phi) is 4.16. The number of phenolic OH excluding ortho intramolecular Hbond substituents is 1. The number of ether oxygens (including phenoxy) is 1. The average molecular weight is 236 g/mol. The predicted octanol–water partition coefficient (Wildman–Crippen LogP) is 3.43. The van der Waals surface area contributed by atoms with E-state index in [1.54, 1.807) is 12.1 Å². The van der Waals surface area contributed by atoms with Gasteiger partial charge in [-0.15, -0.1) is 0 Å². The quantitative estimate of drug-likeness (QED) is 0.818. The molecule has 17 heavy (non-hydrogen) atoms. The number of methoxy groups -OCH3 is 1. The van der Waals surface area contributed by atoms with Crippen LogP contribution < -0.4 is 0 Å². The van der Waals surface area contributed by atoms with Crippen LogP contribution in [-0.2, 0) is 4.74 Å². The molecule has 0 spiro atoms. The summed E-state index contributed by atoms with van der Waals surface area (Å²) in [4.78, 5) is 11.6. The third-order valence-corrected chi connectivity index (χ3v) is 2.83. The van der Waals surface area contributed by atoms with Crippen molar-refractivity contribution in [3.8, 4) is 5.75 Å². The van der Waals surface area contributed by atoms with E-state index in [1.165, 1.54) is 7.11 Å². The summed E-state index contributed by atoms with van der Waals surface area (Å²) < 4.78 is 4.73. The number of carbonyl (C=O) groups is 1. The molecule has 0 saturated carbocycles. The Balaban J connectivity index is 3.42. The standard InChI is InChI=1S/C14H20O3/c1-8(2)11-6-10(14(16)17-5)7-12(9(3)4)13(11)15/h6-9,15H,1-5H3. The number of benzene rings is 1. The number of carbonyl (C=O) groups excluding carboxylic acids is 1. The first kappa shape index (κ1) is 13.6. The Bertz CT molecular complexity index is 390. The zero-order valence-corrected chi connectivity index (χ0v) is 11.1. The van der Waals surface area contributed by atoms with Gasteiger partial charge < -0.3 is 9.84 Å². The molecule has 0 bridgehead atoms. The maximum Gasteiger partial charge on any atom is 0.337 e. The number of hydrogen-bond acceptors (Lipinski definition) is 3. The second-order valence-corrected chi connectivity index (χ2v) is 4.80. The fourth-order valence-electron chi connectivity index (χ4n) is 1.80. The van der Waals surface area contributed by atoms with Gasteiger partial charge in [-0.25, -0.2) is 4.79 Å². The number of aromatic hydroxyl groups is 1. The monoisotopic (exact) mass is 236 g/mol. The lowest BCUT2D eigenvalue weighted by Crippen LogP contribution is -2.05. The number of esters is 1. The van der Waals surface area contributed by atoms with Crippen molar-refractivity contribution in [3.63, 3.8) is 0 Å². The van der Waals surface area contributed by atoms with Crippen molar-refractivity contribution in [1.82, 2.24) is 0 Å². The van der Waals surface area contributed by atoms with Gasteiger partial charge in [0, 0.05) is 0 Å². The molecule has 0 unspecified atom stereocenters. The minimum atomic E-state index is -0.367. The summed E-state index contributed by atoms with van der Waals surface area (Å²) >= 11 is 0. The summed E-state index contributed by atoms with van der Waals surface area (Å²) in [5, 5.41) is 10.2. The highest BCUT2D eigenvalue weighted by Gasteiger charge is 2.18. The van der Waals surface area contributed by atoms with Crippen LogP contribution in [-0.4, -0.2) is 18.2 Å². The van der Waals surface area contributed by atoms with Crippen LogP contribution >= 0.6 is 0 Å². The van der Waals surface area contributed by atoms with Crippen LogP contribution in [0.1, 0.15) is 61.0 Å². The van der Waals surface area contributed by atoms with E-state index < -0.39 is 0 Å². The van der Waals surface area contributed by atoms with Gasteiger partial charge in [0.1, 0.15) is 5.75 Å². The highest BCUT2D eigenvalue weighted by atomic mass is 16.5. The van der Waals surface area contributed by atoms with Crippen molar-refractivity contribution in [2.24, 2.45) is 0 Å². The van der Waals surface area contributed by atoms with Crippen LogP contribution in [0.4, 0.5) is 0 Å². The van der Waals surface area contributed by atoms with Gasteiger partial charge in [0.25, 0.3) is 0 Å². The van der Waals surface area contributed by atoms with Gasteiger partial charge in [0.15, 0.2) is 0 Å². The molecule has 1 aromatic rings. The van der Waals surface area contributed by atoms with Gasteiger partial charge in [0.2, 0.25) is 0 Å². The van der Waals surface area contributed by atoms with Crippen molar-refractivity contribution >= 4 is 5.97 Å². The SMILES string of the molecule is COC(=O)c1cc(C(C)C)c(O)c(C(C)C)c1. The molecule has 0 aliphatic carbocycles. The van der Waals surface area contributed by atoms with Crippen LogP contribution in [0.5, 0.6) is 5.75 Å². The molecular weight excluding hydrogens is 216 g/mol. The minimum Gasteiger partial charge on any atom is -0.507 e. The molecule has 0 saturated heterocycles. The molecule has 3 heteroatoms. The van der Waals surface area contributed by atoms with Gasteiger partial charge >= 0.3 is 5.97 Å². The lowest BCUT2D eigenvalue weighted by Gasteiger charge is -2.16. The van der Waals surface area contributed by atoms with E-state index >= 15 is 0 Å². The second-order valence-electron chi connectivity index (χ2n) is 4.80. The molecule has 1 N–H and O–H groups in total. The van der Waals surface area contributed by atoms with Gasteiger partial charge in [-0.3, -0.25) is 0 Å². The molecule has 3 nitrogen and oxygen atoms in total. The first-order valence-corrected chi connectivity index (χ1v) is 5.83. The molecule has 1 rings (SSSR count). The van der Waals surface area contributed by atoms with Crippen LogP contribution in [0.15, 0.2) is 12.1 Å². The van der Waals surface area contributed by atoms with Crippen molar-refractivity contribution in [2.45, 2.75) is 39.5 Å². The first-order valence-electron chi connectivity index (χ1n) is 5.83. The fourth-order valence-corrected chi connectivity index (χ4v) is 1.80. The predicted molar refractivity (Wildman–Crippen MR) is 67.6 cm³/mol. The number of rotatable bonds is 3. The second kappa shape index (κ2) is 5.21. The summed E-state index contributed by atoms with van der Waals surface area (Å²) in [6, 6.07) is 3.41. The van der Waals surface area contributed by atoms with E-state index in [0.717, 1.165) is 11.1 Å². The highest BCUT2D eigenvalue weighted by Crippen LogP contribution is 2.34. The molecule has 0 atom stereocenters. The Morgan fingerprint density at radius 2 is 1.53 bits per heavy atom. The lowest BCUT2D eigenvalue weighted by atomic mass is 9.91. The van der Waals surface area contributed by atoms with Gasteiger partial charge in [-0.2, -0.15) is 0 Å². The molecule has 0 amide bonds. The highest BCUT2D eigenvalue weighted by molar-refractivity contribution is 5.90. The van der Waals surface area contributed by atoms with Crippen LogP contribution in [0.25, 0.3) is 0 Å². The Morgan fingerprint density at radius 1 is 1.12 bits per heavy atom. The Hall–Kier alpha value is -1.51. The maximum atomic E-state index is 11.6. The van der Waals surface area contributed by atoms with E-state index in [-0.39, 0.29) is 17.8 Å². The zero-order valence-electron chi connectivity index (χ0n) is 11.1. The molecule has 1 aromatic carbocycles. The normalized spacial score (nSPS) is 11.0. The molecule has 0 radical (unpaired) electrons. The summed E-state index contributed by atoms with van der Waals surface area (Å²) in [5.41, 5.74) is 2.07. The van der Waals surface area contributed by atoms with Crippen LogP contribution in [0.2, 0.25) is 0 Å². The van der Waals surface area contributed by atoms with Crippen LogP contribution in [0, 0.1) is 0 Å². The van der Waals surface area contributed by atoms with E-state index in [2.05, 4.69) is 0 Å². The van der Waals surface area contributed by atoms with Gasteiger partial charge in [-0.1, -0.05) is 27.7 Å². The van der Waals surface area contributed by atoms with E-state index in [9.17, 15) is 9.90 Å². The largest absolute Gasteiger partial charge is 0.507 e. The Labute approximate surface area is 102 Å². The maximum absolute atomic E-state index is 11.6. The average Bonchev–Trinajstić information content (AvgIpc) is 2.27. The molecule has 0 aliphatic heterocycles. The lowest BCUT2D eigenvalue weighted by molar-refractivity contribution is 0.0600. The third-order valence-electron chi connectivity index (χ3n) is 2.83. The fraction of sp³-hybridized carbons (Fsp3) is 0.500. The zero-order chi connectivity index (χ0) is 13.2. The molecule has 0 aromatic heterocycles. The molecule has 94 valence electrons. The van der Waals surface area contributed by atoms with Crippen molar-refractivity contribution in [1.29, 1.82) is 0 Å². The molecule has 0 fully saturated rings. The minimum absolute atomic E-state index is 0.164. The molecule has 0 aliphatic rings. The van der Waals surface area contributed by atoms with E-state index in [4.69, 9.17) is 4.74 Å². The molecular formula is C14H20O3. The number of phenols is 1. The van der Waals surface area contributed by atoms with E-state index in [1.807, 2.05) is 27.7 Å². The van der Waals surface area contributed by atoms with Crippen molar-refractivity contribution in [2.75, 3.05) is 7.11 Å². The summed E-state index contributed by atoms with van der Waals surface area (Å²) in [6.07, 6.45) is 0. The molecule has 0 heterocycles. The van der Waals surface area contributed by atoms with Gasteiger partial charge in [-0.05, 0) is 35.1 Å².